The lowest BCUT2D eigenvalue weighted by Crippen LogP contribution is -2.37. The van der Waals surface area contributed by atoms with Crippen molar-refractivity contribution in [2.75, 3.05) is 19.5 Å². The second-order valence-corrected chi connectivity index (χ2v) is 5.17. The number of rotatable bonds is 3. The molecule has 1 aliphatic rings. The Morgan fingerprint density at radius 2 is 2.22 bits per heavy atom. The molecule has 96 valence electrons. The van der Waals surface area contributed by atoms with Crippen LogP contribution in [0.2, 0.25) is 0 Å². The number of esters is 1. The predicted octanol–water partition coefficient (Wildman–Crippen LogP) is 2.37. The molecule has 2 atom stereocenters. The highest BCUT2D eigenvalue weighted by Crippen LogP contribution is 2.25. The minimum absolute atomic E-state index is 0.212. The quantitative estimate of drug-likeness (QED) is 0.785. The summed E-state index contributed by atoms with van der Waals surface area (Å²) >= 11 is 1.59. The Morgan fingerprint density at radius 3 is 2.94 bits per heavy atom. The molecule has 4 heteroatoms. The topological polar surface area (TPSA) is 35.5 Å². The third kappa shape index (κ3) is 3.37. The van der Waals surface area contributed by atoms with Gasteiger partial charge in [0, 0.05) is 5.75 Å². The van der Waals surface area contributed by atoms with Gasteiger partial charge in [0.05, 0.1) is 19.8 Å². The molecule has 3 nitrogen and oxygen atoms in total. The zero-order valence-corrected chi connectivity index (χ0v) is 11.1. The molecule has 1 saturated heterocycles. The van der Waals surface area contributed by atoms with Crippen molar-refractivity contribution in [2.45, 2.75) is 11.4 Å². The fourth-order valence-electron chi connectivity index (χ4n) is 1.79. The van der Waals surface area contributed by atoms with Crippen LogP contribution < -0.4 is 0 Å². The molecule has 18 heavy (non-hydrogen) atoms. The van der Waals surface area contributed by atoms with Crippen molar-refractivity contribution in [3.63, 3.8) is 0 Å². The summed E-state index contributed by atoms with van der Waals surface area (Å²) in [5.41, 5.74) is 1.10. The third-order valence-electron chi connectivity index (χ3n) is 2.70. The lowest BCUT2D eigenvalue weighted by atomic mass is 10.1. The summed E-state index contributed by atoms with van der Waals surface area (Å²) in [6, 6.07) is 9.96. The van der Waals surface area contributed by atoms with Crippen LogP contribution in [-0.4, -0.2) is 36.8 Å². The number of thioether (sulfide) groups is 1. The highest BCUT2D eigenvalue weighted by Gasteiger charge is 2.31. The Balaban J connectivity index is 2.06. The largest absolute Gasteiger partial charge is 0.468 e. The van der Waals surface area contributed by atoms with E-state index in [4.69, 9.17) is 9.47 Å². The van der Waals surface area contributed by atoms with Gasteiger partial charge < -0.3 is 9.47 Å². The van der Waals surface area contributed by atoms with Crippen molar-refractivity contribution in [1.29, 1.82) is 0 Å². The minimum Gasteiger partial charge on any atom is -0.468 e. The van der Waals surface area contributed by atoms with E-state index in [0.29, 0.717) is 6.61 Å². The number of hydrogen-bond donors (Lipinski definition) is 0. The Kier molecular flexibility index (Phi) is 4.84. The van der Waals surface area contributed by atoms with Crippen molar-refractivity contribution in [2.24, 2.45) is 0 Å². The third-order valence-corrected chi connectivity index (χ3v) is 3.92. The molecule has 0 N–H and O–H groups in total. The Hall–Kier alpha value is -1.26. The zero-order valence-electron chi connectivity index (χ0n) is 10.2. The maximum Gasteiger partial charge on any atom is 0.321 e. The van der Waals surface area contributed by atoms with E-state index in [1.807, 2.05) is 42.5 Å². The molecular weight excluding hydrogens is 248 g/mol. The zero-order chi connectivity index (χ0) is 12.8. The highest BCUT2D eigenvalue weighted by molar-refractivity contribution is 8.00. The van der Waals surface area contributed by atoms with Gasteiger partial charge in [0.25, 0.3) is 0 Å². The van der Waals surface area contributed by atoms with Crippen LogP contribution in [0.3, 0.4) is 0 Å². The molecule has 0 unspecified atom stereocenters. The van der Waals surface area contributed by atoms with Gasteiger partial charge in [0.15, 0.2) is 0 Å². The van der Waals surface area contributed by atoms with Crippen LogP contribution in [0.1, 0.15) is 5.56 Å². The van der Waals surface area contributed by atoms with Crippen molar-refractivity contribution in [3.05, 3.63) is 42.0 Å². The summed E-state index contributed by atoms with van der Waals surface area (Å²) in [6.45, 7) is 0.669. The fourth-order valence-corrected chi connectivity index (χ4v) is 2.82. The number of carbonyl (C=O) groups excluding carboxylic acids is 1. The van der Waals surface area contributed by atoms with E-state index in [1.54, 1.807) is 11.8 Å². The first-order valence-electron chi connectivity index (χ1n) is 5.85. The Morgan fingerprint density at radius 1 is 1.44 bits per heavy atom. The van der Waals surface area contributed by atoms with E-state index in [-0.39, 0.29) is 17.3 Å². The van der Waals surface area contributed by atoms with Crippen molar-refractivity contribution >= 4 is 23.8 Å². The Labute approximate surface area is 111 Å². The smallest absolute Gasteiger partial charge is 0.321 e. The predicted molar refractivity (Wildman–Crippen MR) is 73.5 cm³/mol. The van der Waals surface area contributed by atoms with Crippen LogP contribution in [0.25, 0.3) is 6.08 Å². The van der Waals surface area contributed by atoms with Crippen molar-refractivity contribution in [3.8, 4) is 0 Å². The molecule has 1 aliphatic heterocycles. The van der Waals surface area contributed by atoms with E-state index in [0.717, 1.165) is 11.3 Å². The first-order chi connectivity index (χ1) is 8.81. The van der Waals surface area contributed by atoms with Gasteiger partial charge in [-0.3, -0.25) is 4.79 Å². The Bertz CT molecular complexity index is 416. The molecule has 0 bridgehead atoms. The van der Waals surface area contributed by atoms with Gasteiger partial charge in [0.1, 0.15) is 5.25 Å². The normalized spacial score (nSPS) is 24.1. The molecule has 1 fully saturated rings. The molecule has 0 amide bonds. The van der Waals surface area contributed by atoms with Crippen LogP contribution in [0.15, 0.2) is 36.4 Å². The summed E-state index contributed by atoms with van der Waals surface area (Å²) in [4.78, 5) is 11.6. The van der Waals surface area contributed by atoms with Crippen LogP contribution in [-0.2, 0) is 14.3 Å². The SMILES string of the molecule is COC(=O)[C@H]1SCCO[C@H]1/C=C/c1ccccc1. The number of ether oxygens (including phenoxy) is 2. The van der Waals surface area contributed by atoms with Gasteiger partial charge in [0.2, 0.25) is 0 Å². The van der Waals surface area contributed by atoms with Crippen LogP contribution >= 0.6 is 11.8 Å². The van der Waals surface area contributed by atoms with Gasteiger partial charge in [-0.25, -0.2) is 0 Å². The summed E-state index contributed by atoms with van der Waals surface area (Å²) < 4.78 is 10.4. The molecule has 1 aromatic rings. The van der Waals surface area contributed by atoms with Gasteiger partial charge in [-0.2, -0.15) is 0 Å². The van der Waals surface area contributed by atoms with Crippen molar-refractivity contribution in [1.82, 2.24) is 0 Å². The number of methoxy groups -OCH3 is 1. The van der Waals surface area contributed by atoms with E-state index >= 15 is 0 Å². The molecule has 0 aromatic heterocycles. The summed E-state index contributed by atoms with van der Waals surface area (Å²) in [6.07, 6.45) is 3.70. The molecule has 0 spiro atoms. The van der Waals surface area contributed by atoms with Gasteiger partial charge >= 0.3 is 5.97 Å². The maximum absolute atomic E-state index is 11.6. The monoisotopic (exact) mass is 264 g/mol. The van der Waals surface area contributed by atoms with Crippen LogP contribution in [0, 0.1) is 0 Å². The molecule has 1 heterocycles. The second kappa shape index (κ2) is 6.61. The summed E-state index contributed by atoms with van der Waals surface area (Å²) in [7, 11) is 1.41. The summed E-state index contributed by atoms with van der Waals surface area (Å²) in [5.74, 6) is 0.609. The van der Waals surface area contributed by atoms with E-state index in [9.17, 15) is 4.79 Å². The molecule has 2 rings (SSSR count). The maximum atomic E-state index is 11.6. The first kappa shape index (κ1) is 13.2. The van der Waals surface area contributed by atoms with E-state index < -0.39 is 0 Å². The average molecular weight is 264 g/mol. The van der Waals surface area contributed by atoms with Crippen LogP contribution in [0.5, 0.6) is 0 Å². The molecular formula is C14H16O3S. The standard InChI is InChI=1S/C14H16O3S/c1-16-14(15)13-12(17-9-10-18-13)8-7-11-5-3-2-4-6-11/h2-8,12-13H,9-10H2,1H3/b8-7+/t12-,13-/m0/s1. The lowest BCUT2D eigenvalue weighted by Gasteiger charge is -2.27. The molecule has 1 aromatic carbocycles. The van der Waals surface area contributed by atoms with E-state index in [2.05, 4.69) is 0 Å². The molecule has 0 saturated carbocycles. The van der Waals surface area contributed by atoms with Gasteiger partial charge in [-0.05, 0) is 5.56 Å². The van der Waals surface area contributed by atoms with E-state index in [1.165, 1.54) is 7.11 Å². The fraction of sp³-hybridized carbons (Fsp3) is 0.357. The minimum atomic E-state index is -0.260. The highest BCUT2D eigenvalue weighted by atomic mass is 32.2. The summed E-state index contributed by atoms with van der Waals surface area (Å²) in [5, 5.41) is -0.260. The van der Waals surface area contributed by atoms with Gasteiger partial charge in [-0.1, -0.05) is 42.5 Å². The van der Waals surface area contributed by atoms with Gasteiger partial charge in [-0.15, -0.1) is 11.8 Å². The second-order valence-electron chi connectivity index (χ2n) is 3.92. The number of carbonyl (C=O) groups is 1. The lowest BCUT2D eigenvalue weighted by molar-refractivity contribution is -0.142. The number of benzene rings is 1. The number of hydrogen-bond acceptors (Lipinski definition) is 4. The van der Waals surface area contributed by atoms with Crippen molar-refractivity contribution < 1.29 is 14.3 Å². The van der Waals surface area contributed by atoms with Crippen LogP contribution in [0.4, 0.5) is 0 Å². The molecule has 0 aliphatic carbocycles. The first-order valence-corrected chi connectivity index (χ1v) is 6.90. The molecule has 0 radical (unpaired) electrons. The average Bonchev–Trinajstić information content (AvgIpc) is 2.45.